The van der Waals surface area contributed by atoms with Gasteiger partial charge in [0.1, 0.15) is 12.1 Å². The number of ketones is 1. The van der Waals surface area contributed by atoms with Crippen LogP contribution in [-0.4, -0.2) is 23.1 Å². The molecule has 0 heterocycles. The van der Waals surface area contributed by atoms with E-state index in [1.54, 1.807) is 6.92 Å². The summed E-state index contributed by atoms with van der Waals surface area (Å²) in [5.41, 5.74) is 1.12. The van der Waals surface area contributed by atoms with Gasteiger partial charge in [-0.25, -0.2) is 0 Å². The van der Waals surface area contributed by atoms with Crippen LogP contribution >= 0.6 is 0 Å². The first kappa shape index (κ1) is 16.6. The Bertz CT molecular complexity index is 340. The van der Waals surface area contributed by atoms with E-state index < -0.39 is 5.97 Å². The van der Waals surface area contributed by atoms with Crippen LogP contribution in [0.15, 0.2) is 11.6 Å². The monoisotopic (exact) mass is 254 g/mol. The number of aldehydes is 1. The lowest BCUT2D eigenvalue weighted by Gasteiger charge is -2.30. The fourth-order valence-corrected chi connectivity index (χ4v) is 1.85. The first-order chi connectivity index (χ1) is 8.31. The Labute approximate surface area is 108 Å². The van der Waals surface area contributed by atoms with Crippen LogP contribution in [0.5, 0.6) is 0 Å². The Kier molecular flexibility index (Phi) is 7.17. The first-order valence-corrected chi connectivity index (χ1v) is 6.12. The molecule has 1 rings (SSSR count). The topological polar surface area (TPSA) is 71.4 Å². The quantitative estimate of drug-likeness (QED) is 0.618. The van der Waals surface area contributed by atoms with Crippen molar-refractivity contribution in [3.05, 3.63) is 11.6 Å². The molecule has 18 heavy (non-hydrogen) atoms. The second kappa shape index (κ2) is 7.80. The molecule has 4 nitrogen and oxygen atoms in total. The third-order valence-corrected chi connectivity index (χ3v) is 3.10. The summed E-state index contributed by atoms with van der Waals surface area (Å²) in [7, 11) is 0. The molecule has 1 aliphatic rings. The minimum absolute atomic E-state index is 0.178. The number of hydrogen-bond donors (Lipinski definition) is 1. The molecular weight excluding hydrogens is 232 g/mol. The van der Waals surface area contributed by atoms with E-state index in [9.17, 15) is 9.59 Å². The molecular formula is C14H22O4. The number of aliphatic carboxylic acids is 1. The normalized spacial score (nSPS) is 22.3. The van der Waals surface area contributed by atoms with Gasteiger partial charge in [-0.05, 0) is 39.5 Å². The Hall–Kier alpha value is -1.45. The number of Topliss-reactive ketones (excluding diaryl/α,β-unsaturated/α-hetero) is 1. The second-order valence-electron chi connectivity index (χ2n) is 4.96. The van der Waals surface area contributed by atoms with Crippen LogP contribution in [-0.2, 0) is 14.4 Å². The molecule has 0 radical (unpaired) electrons. The summed E-state index contributed by atoms with van der Waals surface area (Å²) in [5, 5.41) is 7.42. The van der Waals surface area contributed by atoms with Gasteiger partial charge < -0.3 is 14.7 Å². The Balaban J connectivity index is 0.000000631. The molecule has 1 unspecified atom stereocenters. The maximum Gasteiger partial charge on any atom is 0.300 e. The molecule has 4 heteroatoms. The maximum atomic E-state index is 11.1. The second-order valence-corrected chi connectivity index (χ2v) is 4.96. The average Bonchev–Trinajstić information content (AvgIpc) is 2.28. The van der Waals surface area contributed by atoms with E-state index in [2.05, 4.69) is 13.0 Å². The van der Waals surface area contributed by atoms with Crippen molar-refractivity contribution >= 4 is 18.0 Å². The molecule has 1 aliphatic carbocycles. The van der Waals surface area contributed by atoms with Gasteiger partial charge in [-0.3, -0.25) is 4.79 Å². The van der Waals surface area contributed by atoms with Gasteiger partial charge in [0.05, 0.1) is 0 Å². The number of carbonyl (C=O) groups excluding carboxylic acids is 2. The van der Waals surface area contributed by atoms with Gasteiger partial charge in [0.25, 0.3) is 5.97 Å². The smallest absolute Gasteiger partial charge is 0.300 e. The number of carboxylic acid groups (broad SMARTS) is 1. The minimum Gasteiger partial charge on any atom is -0.481 e. The molecule has 0 bridgehead atoms. The average molecular weight is 254 g/mol. The van der Waals surface area contributed by atoms with Gasteiger partial charge >= 0.3 is 0 Å². The number of rotatable bonds is 4. The zero-order valence-corrected chi connectivity index (χ0v) is 11.4. The lowest BCUT2D eigenvalue weighted by atomic mass is 9.73. The fraction of sp³-hybridized carbons (Fsp3) is 0.643. The Morgan fingerprint density at radius 3 is 2.33 bits per heavy atom. The fourth-order valence-electron chi connectivity index (χ4n) is 1.85. The molecule has 0 spiro atoms. The minimum atomic E-state index is -0.833. The van der Waals surface area contributed by atoms with Crippen LogP contribution in [0, 0.1) is 5.41 Å². The van der Waals surface area contributed by atoms with E-state index in [0.29, 0.717) is 6.42 Å². The van der Waals surface area contributed by atoms with Gasteiger partial charge in [0.2, 0.25) is 0 Å². The van der Waals surface area contributed by atoms with E-state index in [0.717, 1.165) is 38.9 Å². The molecule has 1 N–H and O–H groups in total. The van der Waals surface area contributed by atoms with Gasteiger partial charge in [-0.2, -0.15) is 0 Å². The maximum absolute atomic E-state index is 11.1. The number of allylic oxidation sites excluding steroid dienone is 2. The lowest BCUT2D eigenvalue weighted by molar-refractivity contribution is -0.134. The number of carboxylic acids is 1. The van der Waals surface area contributed by atoms with Gasteiger partial charge in [0.15, 0.2) is 0 Å². The molecule has 0 saturated carbocycles. The summed E-state index contributed by atoms with van der Waals surface area (Å²) in [6.45, 7) is 4.77. The zero-order chi connectivity index (χ0) is 14.2. The molecule has 0 saturated heterocycles. The SMILES string of the molecule is CC(=O)CCC1(C=O)CC=C(C)CC1.CC(=O)O. The van der Waals surface area contributed by atoms with Crippen LogP contribution in [0.2, 0.25) is 0 Å². The van der Waals surface area contributed by atoms with Crippen molar-refractivity contribution in [2.45, 2.75) is 52.9 Å². The third kappa shape index (κ3) is 6.99. The lowest BCUT2D eigenvalue weighted by Crippen LogP contribution is -2.25. The van der Waals surface area contributed by atoms with Crippen LogP contribution in [0.25, 0.3) is 0 Å². The molecule has 0 aromatic rings. The highest BCUT2D eigenvalue weighted by atomic mass is 16.4. The van der Waals surface area contributed by atoms with E-state index in [1.807, 2.05) is 0 Å². The molecule has 1 atom stereocenters. The van der Waals surface area contributed by atoms with Crippen LogP contribution in [0.3, 0.4) is 0 Å². The molecule has 0 fully saturated rings. The molecule has 0 amide bonds. The highest BCUT2D eigenvalue weighted by Gasteiger charge is 2.30. The van der Waals surface area contributed by atoms with Gasteiger partial charge in [-0.1, -0.05) is 11.6 Å². The van der Waals surface area contributed by atoms with Crippen molar-refractivity contribution in [2.75, 3.05) is 0 Å². The molecule has 0 aromatic heterocycles. The predicted octanol–water partition coefficient (Wildman–Crippen LogP) is 2.76. The molecule has 0 aliphatic heterocycles. The van der Waals surface area contributed by atoms with Crippen molar-refractivity contribution < 1.29 is 19.5 Å². The highest BCUT2D eigenvalue weighted by Crippen LogP contribution is 2.37. The van der Waals surface area contributed by atoms with Crippen LogP contribution in [0.1, 0.15) is 52.9 Å². The van der Waals surface area contributed by atoms with Crippen molar-refractivity contribution in [2.24, 2.45) is 5.41 Å². The third-order valence-electron chi connectivity index (χ3n) is 3.10. The summed E-state index contributed by atoms with van der Waals surface area (Å²) >= 11 is 0. The van der Waals surface area contributed by atoms with E-state index in [1.165, 1.54) is 5.57 Å². The van der Waals surface area contributed by atoms with E-state index in [4.69, 9.17) is 9.90 Å². The van der Waals surface area contributed by atoms with Gasteiger partial charge in [-0.15, -0.1) is 0 Å². The molecule has 0 aromatic carbocycles. The van der Waals surface area contributed by atoms with Crippen molar-refractivity contribution in [3.8, 4) is 0 Å². The number of hydrogen-bond acceptors (Lipinski definition) is 3. The van der Waals surface area contributed by atoms with Crippen molar-refractivity contribution in [1.29, 1.82) is 0 Å². The van der Waals surface area contributed by atoms with Crippen molar-refractivity contribution in [1.82, 2.24) is 0 Å². The summed E-state index contributed by atoms with van der Waals surface area (Å²) in [5.74, 6) is -0.655. The Morgan fingerprint density at radius 2 is 2.00 bits per heavy atom. The van der Waals surface area contributed by atoms with Crippen LogP contribution in [0.4, 0.5) is 0 Å². The summed E-state index contributed by atoms with van der Waals surface area (Å²) < 4.78 is 0. The zero-order valence-electron chi connectivity index (χ0n) is 11.4. The standard InChI is InChI=1S/C12H18O2.C2H4O2/c1-10-3-6-12(9-13,7-4-10)8-5-11(2)14;1-2(3)4/h3,9H,4-8H2,1-2H3;1H3,(H,3,4). The van der Waals surface area contributed by atoms with E-state index in [-0.39, 0.29) is 11.2 Å². The first-order valence-electron chi connectivity index (χ1n) is 6.12. The van der Waals surface area contributed by atoms with Crippen LogP contribution < -0.4 is 0 Å². The van der Waals surface area contributed by atoms with Gasteiger partial charge in [0, 0.05) is 18.8 Å². The molecule has 102 valence electrons. The Morgan fingerprint density at radius 1 is 1.44 bits per heavy atom. The largest absolute Gasteiger partial charge is 0.481 e. The summed E-state index contributed by atoms with van der Waals surface area (Å²) in [4.78, 5) is 30.9. The number of carbonyl (C=O) groups is 3. The van der Waals surface area contributed by atoms with Crippen molar-refractivity contribution in [3.63, 3.8) is 0 Å². The summed E-state index contributed by atoms with van der Waals surface area (Å²) in [6, 6.07) is 0. The summed E-state index contributed by atoms with van der Waals surface area (Å²) in [6.07, 6.45) is 7.16. The highest BCUT2D eigenvalue weighted by molar-refractivity contribution is 5.76. The predicted molar refractivity (Wildman–Crippen MR) is 69.3 cm³/mol. The van der Waals surface area contributed by atoms with E-state index >= 15 is 0 Å².